The van der Waals surface area contributed by atoms with E-state index < -0.39 is 0 Å². The van der Waals surface area contributed by atoms with Crippen LogP contribution >= 0.6 is 0 Å². The van der Waals surface area contributed by atoms with Crippen LogP contribution in [0.25, 0.3) is 0 Å². The van der Waals surface area contributed by atoms with Crippen LogP contribution in [0, 0.1) is 5.92 Å². The highest BCUT2D eigenvalue weighted by Gasteiger charge is 2.21. The monoisotopic (exact) mass is 240 g/mol. The molecule has 0 fully saturated rings. The molecule has 1 aromatic heterocycles. The Hall–Kier alpha value is -1.03. The lowest BCUT2D eigenvalue weighted by molar-refractivity contribution is 0.276. The Morgan fingerprint density at radius 3 is 2.41 bits per heavy atom. The molecular formula is C13H24N2O2. The van der Waals surface area contributed by atoms with Crippen LogP contribution in [0.2, 0.25) is 0 Å². The van der Waals surface area contributed by atoms with Crippen molar-refractivity contribution in [2.75, 3.05) is 11.4 Å². The zero-order valence-corrected chi connectivity index (χ0v) is 11.3. The van der Waals surface area contributed by atoms with Crippen molar-refractivity contribution in [2.45, 2.75) is 53.2 Å². The molecule has 0 saturated heterocycles. The molecule has 0 unspecified atom stereocenters. The van der Waals surface area contributed by atoms with Crippen LogP contribution in [-0.4, -0.2) is 22.7 Å². The van der Waals surface area contributed by atoms with Crippen LogP contribution in [0.5, 0.6) is 0 Å². The SMILES string of the molecule is CCC(CC)N(CC(C)C)c1nc(CO)co1. The van der Waals surface area contributed by atoms with Crippen LogP contribution in [-0.2, 0) is 6.61 Å². The van der Waals surface area contributed by atoms with Crippen molar-refractivity contribution in [1.82, 2.24) is 4.98 Å². The molecule has 4 heteroatoms. The summed E-state index contributed by atoms with van der Waals surface area (Å²) in [6.07, 6.45) is 3.67. The third-order valence-electron chi connectivity index (χ3n) is 2.89. The maximum atomic E-state index is 9.03. The normalized spacial score (nSPS) is 11.5. The Morgan fingerprint density at radius 1 is 1.35 bits per heavy atom. The molecule has 1 rings (SSSR count). The fourth-order valence-corrected chi connectivity index (χ4v) is 2.01. The number of aliphatic hydroxyl groups is 1. The van der Waals surface area contributed by atoms with E-state index in [0.29, 0.717) is 23.7 Å². The van der Waals surface area contributed by atoms with Crippen molar-refractivity contribution in [3.63, 3.8) is 0 Å². The highest BCUT2D eigenvalue weighted by Crippen LogP contribution is 2.21. The number of nitrogens with zero attached hydrogens (tertiary/aromatic N) is 2. The van der Waals surface area contributed by atoms with Gasteiger partial charge < -0.3 is 14.4 Å². The van der Waals surface area contributed by atoms with Crippen LogP contribution in [0.1, 0.15) is 46.2 Å². The molecular weight excluding hydrogens is 216 g/mol. The van der Waals surface area contributed by atoms with Gasteiger partial charge in [-0.05, 0) is 18.8 Å². The highest BCUT2D eigenvalue weighted by molar-refractivity contribution is 5.29. The molecule has 0 aromatic carbocycles. The van der Waals surface area contributed by atoms with Gasteiger partial charge in [0.15, 0.2) is 0 Å². The van der Waals surface area contributed by atoms with Crippen molar-refractivity contribution in [1.29, 1.82) is 0 Å². The van der Waals surface area contributed by atoms with E-state index in [1.807, 2.05) is 0 Å². The van der Waals surface area contributed by atoms with E-state index >= 15 is 0 Å². The van der Waals surface area contributed by atoms with Gasteiger partial charge in [-0.15, -0.1) is 0 Å². The predicted molar refractivity (Wildman–Crippen MR) is 69.0 cm³/mol. The number of aromatic nitrogens is 1. The molecule has 0 bridgehead atoms. The van der Waals surface area contributed by atoms with E-state index in [0.717, 1.165) is 19.4 Å². The van der Waals surface area contributed by atoms with Gasteiger partial charge >= 0.3 is 0 Å². The van der Waals surface area contributed by atoms with Crippen molar-refractivity contribution in [2.24, 2.45) is 5.92 Å². The second-order valence-electron chi connectivity index (χ2n) is 4.80. The molecule has 98 valence electrons. The molecule has 4 nitrogen and oxygen atoms in total. The van der Waals surface area contributed by atoms with Gasteiger partial charge in [0.2, 0.25) is 0 Å². The first-order valence-corrected chi connectivity index (χ1v) is 6.44. The van der Waals surface area contributed by atoms with Gasteiger partial charge in [0, 0.05) is 12.6 Å². The summed E-state index contributed by atoms with van der Waals surface area (Å²) in [6, 6.07) is 1.08. The van der Waals surface area contributed by atoms with E-state index in [9.17, 15) is 0 Å². The van der Waals surface area contributed by atoms with Crippen LogP contribution < -0.4 is 4.90 Å². The average molecular weight is 240 g/mol. The zero-order chi connectivity index (χ0) is 12.8. The largest absolute Gasteiger partial charge is 0.432 e. The molecule has 0 aliphatic rings. The van der Waals surface area contributed by atoms with Gasteiger partial charge in [-0.2, -0.15) is 4.98 Å². The van der Waals surface area contributed by atoms with Crippen LogP contribution in [0.15, 0.2) is 10.7 Å². The van der Waals surface area contributed by atoms with Gasteiger partial charge in [0.1, 0.15) is 12.0 Å². The number of hydrogen-bond donors (Lipinski definition) is 1. The van der Waals surface area contributed by atoms with Gasteiger partial charge in [0.25, 0.3) is 6.01 Å². The predicted octanol–water partition coefficient (Wildman–Crippen LogP) is 2.82. The Bertz CT molecular complexity index is 319. The maximum absolute atomic E-state index is 9.03. The smallest absolute Gasteiger partial charge is 0.297 e. The molecule has 1 heterocycles. The van der Waals surface area contributed by atoms with E-state index in [1.165, 1.54) is 6.26 Å². The molecule has 0 aliphatic carbocycles. The van der Waals surface area contributed by atoms with Crippen molar-refractivity contribution in [3.8, 4) is 0 Å². The quantitative estimate of drug-likeness (QED) is 0.796. The van der Waals surface area contributed by atoms with Crippen LogP contribution in [0.4, 0.5) is 6.01 Å². The summed E-state index contributed by atoms with van der Waals surface area (Å²) >= 11 is 0. The summed E-state index contributed by atoms with van der Waals surface area (Å²) in [4.78, 5) is 6.52. The standard InChI is InChI=1S/C13H24N2O2/c1-5-12(6-2)15(7-10(3)4)13-14-11(8-16)9-17-13/h9-10,12,16H,5-8H2,1-4H3. The second-order valence-corrected chi connectivity index (χ2v) is 4.80. The third-order valence-corrected chi connectivity index (χ3v) is 2.89. The lowest BCUT2D eigenvalue weighted by atomic mass is 10.1. The summed E-state index contributed by atoms with van der Waals surface area (Å²) in [6.45, 7) is 9.59. The van der Waals surface area contributed by atoms with E-state index in [4.69, 9.17) is 9.52 Å². The summed E-state index contributed by atoms with van der Waals surface area (Å²) in [7, 11) is 0. The molecule has 0 amide bonds. The van der Waals surface area contributed by atoms with Gasteiger partial charge in [-0.25, -0.2) is 0 Å². The fourth-order valence-electron chi connectivity index (χ4n) is 2.01. The fraction of sp³-hybridized carbons (Fsp3) is 0.769. The maximum Gasteiger partial charge on any atom is 0.297 e. The summed E-state index contributed by atoms with van der Waals surface area (Å²) in [5.74, 6) is 0.556. The number of oxazole rings is 1. The van der Waals surface area contributed by atoms with E-state index in [1.54, 1.807) is 0 Å². The minimum absolute atomic E-state index is 0.0675. The Kier molecular flexibility index (Phi) is 5.48. The summed E-state index contributed by atoms with van der Waals surface area (Å²) < 4.78 is 5.46. The van der Waals surface area contributed by atoms with Crippen molar-refractivity contribution in [3.05, 3.63) is 12.0 Å². The molecule has 0 aliphatic heterocycles. The third kappa shape index (κ3) is 3.73. The molecule has 0 spiro atoms. The summed E-state index contributed by atoms with van der Waals surface area (Å²) in [5.41, 5.74) is 0.597. The minimum atomic E-state index is -0.0675. The molecule has 1 N–H and O–H groups in total. The first-order valence-electron chi connectivity index (χ1n) is 6.44. The number of aliphatic hydroxyl groups excluding tert-OH is 1. The Labute approximate surface area is 104 Å². The van der Waals surface area contributed by atoms with Gasteiger partial charge in [-0.1, -0.05) is 27.7 Å². The molecule has 0 radical (unpaired) electrons. The van der Waals surface area contributed by atoms with E-state index in [-0.39, 0.29) is 6.61 Å². The van der Waals surface area contributed by atoms with Gasteiger partial charge in [0.05, 0.1) is 6.61 Å². The molecule has 0 saturated carbocycles. The Balaban J connectivity index is 2.88. The number of rotatable bonds is 7. The molecule has 17 heavy (non-hydrogen) atoms. The highest BCUT2D eigenvalue weighted by atomic mass is 16.4. The lowest BCUT2D eigenvalue weighted by Gasteiger charge is -2.30. The topological polar surface area (TPSA) is 49.5 Å². The van der Waals surface area contributed by atoms with E-state index in [2.05, 4.69) is 37.6 Å². The lowest BCUT2D eigenvalue weighted by Crippen LogP contribution is -2.37. The molecule has 1 aromatic rings. The van der Waals surface area contributed by atoms with Crippen molar-refractivity contribution >= 4 is 6.01 Å². The Morgan fingerprint density at radius 2 is 2.00 bits per heavy atom. The first kappa shape index (κ1) is 14.0. The minimum Gasteiger partial charge on any atom is -0.432 e. The van der Waals surface area contributed by atoms with Crippen molar-refractivity contribution < 1.29 is 9.52 Å². The van der Waals surface area contributed by atoms with Crippen LogP contribution in [0.3, 0.4) is 0 Å². The zero-order valence-electron chi connectivity index (χ0n) is 11.3. The molecule has 0 atom stereocenters. The average Bonchev–Trinajstić information content (AvgIpc) is 2.77. The number of anilines is 1. The summed E-state index contributed by atoms with van der Waals surface area (Å²) in [5, 5.41) is 9.03. The van der Waals surface area contributed by atoms with Gasteiger partial charge in [-0.3, -0.25) is 0 Å². The second kappa shape index (κ2) is 6.64. The first-order chi connectivity index (χ1) is 8.12. The number of hydrogen-bond acceptors (Lipinski definition) is 4.